The SMILES string of the molecule is Cc1ncccc1Oc1nc(NN)nc(OC(C)C)n1. The molecule has 0 unspecified atom stereocenters. The quantitative estimate of drug-likeness (QED) is 0.623. The minimum atomic E-state index is -0.0731. The number of pyridine rings is 1. The fraction of sp³-hybridized carbons (Fsp3) is 0.333. The van der Waals surface area contributed by atoms with Crippen molar-refractivity contribution in [3.63, 3.8) is 0 Å². The van der Waals surface area contributed by atoms with Crippen molar-refractivity contribution in [2.75, 3.05) is 5.43 Å². The summed E-state index contributed by atoms with van der Waals surface area (Å²) in [5.41, 5.74) is 3.07. The van der Waals surface area contributed by atoms with E-state index in [9.17, 15) is 0 Å². The monoisotopic (exact) mass is 276 g/mol. The van der Waals surface area contributed by atoms with Gasteiger partial charge in [-0.1, -0.05) is 0 Å². The van der Waals surface area contributed by atoms with Gasteiger partial charge in [0.15, 0.2) is 5.75 Å². The summed E-state index contributed by atoms with van der Waals surface area (Å²) < 4.78 is 11.0. The third kappa shape index (κ3) is 3.51. The first-order valence-electron chi connectivity index (χ1n) is 6.07. The molecular formula is C12H16N6O2. The summed E-state index contributed by atoms with van der Waals surface area (Å²) in [6.07, 6.45) is 1.60. The fourth-order valence-electron chi connectivity index (χ4n) is 1.39. The summed E-state index contributed by atoms with van der Waals surface area (Å²) in [5, 5.41) is 0. The highest BCUT2D eigenvalue weighted by molar-refractivity contribution is 5.31. The second kappa shape index (κ2) is 6.11. The van der Waals surface area contributed by atoms with Crippen molar-refractivity contribution in [1.29, 1.82) is 0 Å². The second-order valence-electron chi connectivity index (χ2n) is 4.22. The Labute approximate surface area is 116 Å². The number of nitrogens with zero attached hydrogens (tertiary/aromatic N) is 4. The van der Waals surface area contributed by atoms with Gasteiger partial charge >= 0.3 is 12.0 Å². The molecule has 8 heteroatoms. The van der Waals surface area contributed by atoms with Crippen LogP contribution >= 0.6 is 0 Å². The predicted molar refractivity (Wildman–Crippen MR) is 72.4 cm³/mol. The van der Waals surface area contributed by atoms with Crippen LogP contribution in [0, 0.1) is 6.92 Å². The first-order chi connectivity index (χ1) is 9.58. The zero-order chi connectivity index (χ0) is 14.5. The standard InChI is InChI=1S/C12H16N6O2/c1-7(2)19-11-15-10(18-13)16-12(17-11)20-9-5-4-6-14-8(9)3/h4-7H,13H2,1-3H3,(H,15,16,17,18). The van der Waals surface area contributed by atoms with Gasteiger partial charge in [-0.25, -0.2) is 5.84 Å². The van der Waals surface area contributed by atoms with Gasteiger partial charge in [-0.2, -0.15) is 9.97 Å². The predicted octanol–water partition coefficient (Wildman–Crippen LogP) is 1.44. The molecule has 0 atom stereocenters. The lowest BCUT2D eigenvalue weighted by Crippen LogP contribution is -2.15. The largest absolute Gasteiger partial charge is 0.461 e. The normalized spacial score (nSPS) is 10.4. The lowest BCUT2D eigenvalue weighted by Gasteiger charge is -2.11. The number of ether oxygens (including phenoxy) is 2. The molecule has 2 aromatic rings. The van der Waals surface area contributed by atoms with E-state index in [1.54, 1.807) is 18.3 Å². The summed E-state index contributed by atoms with van der Waals surface area (Å²) in [7, 11) is 0. The van der Waals surface area contributed by atoms with Crippen molar-refractivity contribution in [3.05, 3.63) is 24.0 Å². The maximum Gasteiger partial charge on any atom is 0.330 e. The lowest BCUT2D eigenvalue weighted by atomic mass is 10.3. The highest BCUT2D eigenvalue weighted by atomic mass is 16.5. The van der Waals surface area contributed by atoms with Gasteiger partial charge in [0, 0.05) is 6.20 Å². The molecule has 0 radical (unpaired) electrons. The average Bonchev–Trinajstić information content (AvgIpc) is 2.40. The zero-order valence-corrected chi connectivity index (χ0v) is 11.5. The number of nitrogen functional groups attached to an aromatic ring is 1. The molecule has 0 amide bonds. The van der Waals surface area contributed by atoms with E-state index in [1.165, 1.54) is 0 Å². The number of aromatic nitrogens is 4. The Morgan fingerprint density at radius 1 is 1.20 bits per heavy atom. The van der Waals surface area contributed by atoms with Crippen molar-refractivity contribution in [3.8, 4) is 17.8 Å². The number of nitrogens with one attached hydrogen (secondary N) is 1. The highest BCUT2D eigenvalue weighted by Crippen LogP contribution is 2.22. The molecule has 2 aromatic heterocycles. The van der Waals surface area contributed by atoms with Crippen LogP contribution in [0.15, 0.2) is 18.3 Å². The van der Waals surface area contributed by atoms with Gasteiger partial charge in [-0.05, 0) is 32.9 Å². The van der Waals surface area contributed by atoms with Crippen molar-refractivity contribution < 1.29 is 9.47 Å². The van der Waals surface area contributed by atoms with Crippen LogP contribution in [-0.4, -0.2) is 26.0 Å². The van der Waals surface area contributed by atoms with Crippen LogP contribution in [0.2, 0.25) is 0 Å². The van der Waals surface area contributed by atoms with Crippen LogP contribution < -0.4 is 20.7 Å². The Morgan fingerprint density at radius 2 is 1.95 bits per heavy atom. The zero-order valence-electron chi connectivity index (χ0n) is 11.5. The van der Waals surface area contributed by atoms with Gasteiger partial charge in [0.25, 0.3) is 0 Å². The van der Waals surface area contributed by atoms with Gasteiger partial charge in [0.1, 0.15) is 0 Å². The van der Waals surface area contributed by atoms with Crippen LogP contribution in [0.1, 0.15) is 19.5 Å². The molecule has 0 bridgehead atoms. The van der Waals surface area contributed by atoms with Crippen LogP contribution in [0.3, 0.4) is 0 Å². The maximum atomic E-state index is 5.57. The van der Waals surface area contributed by atoms with E-state index in [-0.39, 0.29) is 24.1 Å². The van der Waals surface area contributed by atoms with E-state index in [4.69, 9.17) is 15.3 Å². The molecule has 106 valence electrons. The van der Waals surface area contributed by atoms with Gasteiger partial charge in [-0.15, -0.1) is 4.98 Å². The number of anilines is 1. The Bertz CT molecular complexity index is 590. The number of nitrogens with two attached hydrogens (primary N) is 1. The molecule has 0 saturated heterocycles. The fourth-order valence-corrected chi connectivity index (χ4v) is 1.39. The molecule has 0 aliphatic rings. The summed E-state index contributed by atoms with van der Waals surface area (Å²) in [6, 6.07) is 3.75. The number of hydrogen-bond acceptors (Lipinski definition) is 8. The van der Waals surface area contributed by atoms with Crippen LogP contribution in [0.5, 0.6) is 17.8 Å². The first-order valence-corrected chi connectivity index (χ1v) is 6.07. The van der Waals surface area contributed by atoms with Crippen LogP contribution in [0.4, 0.5) is 5.95 Å². The summed E-state index contributed by atoms with van der Waals surface area (Å²) in [5.74, 6) is 6.03. The van der Waals surface area contributed by atoms with E-state index >= 15 is 0 Å². The summed E-state index contributed by atoms with van der Waals surface area (Å²) >= 11 is 0. The molecule has 2 heterocycles. The highest BCUT2D eigenvalue weighted by Gasteiger charge is 2.11. The van der Waals surface area contributed by atoms with E-state index in [0.29, 0.717) is 5.75 Å². The lowest BCUT2D eigenvalue weighted by molar-refractivity contribution is 0.218. The molecule has 8 nitrogen and oxygen atoms in total. The molecule has 0 spiro atoms. The second-order valence-corrected chi connectivity index (χ2v) is 4.22. The van der Waals surface area contributed by atoms with Crippen molar-refractivity contribution in [1.82, 2.24) is 19.9 Å². The van der Waals surface area contributed by atoms with Gasteiger partial charge in [-0.3, -0.25) is 10.4 Å². The molecule has 0 aromatic carbocycles. The van der Waals surface area contributed by atoms with Crippen molar-refractivity contribution >= 4 is 5.95 Å². The number of aryl methyl sites for hydroxylation is 1. The Morgan fingerprint density at radius 3 is 2.60 bits per heavy atom. The Kier molecular flexibility index (Phi) is 4.26. The first kappa shape index (κ1) is 13.9. The minimum absolute atomic E-state index is 0.0731. The topological polar surface area (TPSA) is 108 Å². The van der Waals surface area contributed by atoms with E-state index in [0.717, 1.165) is 5.69 Å². The summed E-state index contributed by atoms with van der Waals surface area (Å²) in [4.78, 5) is 16.2. The Hall–Kier alpha value is -2.48. The van der Waals surface area contributed by atoms with Gasteiger partial charge in [0.2, 0.25) is 5.95 Å². The van der Waals surface area contributed by atoms with E-state index in [2.05, 4.69) is 25.4 Å². The molecule has 0 aliphatic carbocycles. The van der Waals surface area contributed by atoms with Crippen LogP contribution in [-0.2, 0) is 0 Å². The average molecular weight is 276 g/mol. The van der Waals surface area contributed by atoms with Crippen molar-refractivity contribution in [2.24, 2.45) is 5.84 Å². The van der Waals surface area contributed by atoms with E-state index in [1.807, 2.05) is 20.8 Å². The third-order valence-corrected chi connectivity index (χ3v) is 2.22. The molecule has 0 aliphatic heterocycles. The molecule has 0 fully saturated rings. The van der Waals surface area contributed by atoms with Gasteiger partial charge < -0.3 is 9.47 Å². The smallest absolute Gasteiger partial charge is 0.330 e. The maximum absolute atomic E-state index is 5.57. The molecular weight excluding hydrogens is 260 g/mol. The van der Waals surface area contributed by atoms with E-state index < -0.39 is 0 Å². The summed E-state index contributed by atoms with van der Waals surface area (Å²) in [6.45, 7) is 5.56. The van der Waals surface area contributed by atoms with Gasteiger partial charge in [0.05, 0.1) is 11.8 Å². The molecule has 0 saturated carbocycles. The Balaban J connectivity index is 2.29. The van der Waals surface area contributed by atoms with Crippen molar-refractivity contribution in [2.45, 2.75) is 26.9 Å². The minimum Gasteiger partial charge on any atom is -0.461 e. The third-order valence-electron chi connectivity index (χ3n) is 2.22. The number of hydrazine groups is 1. The molecule has 3 N–H and O–H groups in total. The molecule has 20 heavy (non-hydrogen) atoms. The number of rotatable bonds is 5. The molecule has 2 rings (SSSR count). The number of hydrogen-bond donors (Lipinski definition) is 2. The van der Waals surface area contributed by atoms with Crippen LogP contribution in [0.25, 0.3) is 0 Å².